The third-order valence-electron chi connectivity index (χ3n) is 2.46. The lowest BCUT2D eigenvalue weighted by atomic mass is 10.4. The highest BCUT2D eigenvalue weighted by atomic mass is 16.5. The molecule has 1 fully saturated rings. The first-order valence-electron chi connectivity index (χ1n) is 6.24. The fraction of sp³-hybridized carbons (Fsp3) is 0.615. The molecule has 0 atom stereocenters. The second-order valence-electron chi connectivity index (χ2n) is 3.97. The highest BCUT2D eigenvalue weighted by Gasteiger charge is 2.18. The van der Waals surface area contributed by atoms with Crippen molar-refractivity contribution in [3.63, 3.8) is 0 Å². The Bertz CT molecular complexity index is 340. The van der Waals surface area contributed by atoms with Crippen LogP contribution in [-0.2, 0) is 19.1 Å². The maximum absolute atomic E-state index is 11.2. The number of nitrogens with one attached hydrogen (secondary N) is 1. The zero-order chi connectivity index (χ0) is 14.7. The minimum Gasteiger partial charge on any atom is -0.469 e. The summed E-state index contributed by atoms with van der Waals surface area (Å²) >= 11 is 0. The fourth-order valence-corrected chi connectivity index (χ4v) is 1.46. The number of carbonyl (C=O) groups is 3. The minimum absolute atomic E-state index is 0.0980. The van der Waals surface area contributed by atoms with Gasteiger partial charge in [0.05, 0.1) is 7.11 Å². The van der Waals surface area contributed by atoms with Crippen molar-refractivity contribution >= 4 is 17.8 Å². The second-order valence-corrected chi connectivity index (χ2v) is 3.97. The molecule has 0 unspecified atom stereocenters. The van der Waals surface area contributed by atoms with Gasteiger partial charge in [-0.1, -0.05) is 6.08 Å². The smallest absolute Gasteiger partial charge is 0.302 e. The molecule has 0 saturated carbocycles. The van der Waals surface area contributed by atoms with E-state index in [-0.39, 0.29) is 17.8 Å². The molecule has 6 heteroatoms. The van der Waals surface area contributed by atoms with Crippen LogP contribution in [0, 0.1) is 0 Å². The van der Waals surface area contributed by atoms with E-state index in [1.165, 1.54) is 20.1 Å². The molecule has 6 nitrogen and oxygen atoms in total. The predicted molar refractivity (Wildman–Crippen MR) is 71.3 cm³/mol. The molecule has 0 radical (unpaired) electrons. The van der Waals surface area contributed by atoms with Crippen molar-refractivity contribution in [1.29, 1.82) is 0 Å². The predicted octanol–water partition coefficient (Wildman–Crippen LogP) is 0.480. The second kappa shape index (κ2) is 10.1. The average molecular weight is 270 g/mol. The summed E-state index contributed by atoms with van der Waals surface area (Å²) in [6.45, 7) is 5.15. The van der Waals surface area contributed by atoms with Gasteiger partial charge in [0.1, 0.15) is 0 Å². The van der Waals surface area contributed by atoms with Crippen LogP contribution in [0.4, 0.5) is 0 Å². The van der Waals surface area contributed by atoms with Gasteiger partial charge in [-0.3, -0.25) is 14.4 Å². The lowest BCUT2D eigenvalue weighted by molar-refractivity contribution is -0.138. The Balaban J connectivity index is 0.000000555. The number of amides is 2. The Morgan fingerprint density at radius 3 is 2.53 bits per heavy atom. The van der Waals surface area contributed by atoms with Crippen LogP contribution in [0.25, 0.3) is 0 Å². The van der Waals surface area contributed by atoms with Crippen molar-refractivity contribution in [2.24, 2.45) is 0 Å². The van der Waals surface area contributed by atoms with E-state index in [2.05, 4.69) is 10.1 Å². The number of ether oxygens (including phenoxy) is 1. The lowest BCUT2D eigenvalue weighted by Gasteiger charge is -2.14. The van der Waals surface area contributed by atoms with E-state index in [4.69, 9.17) is 0 Å². The topological polar surface area (TPSA) is 75.7 Å². The highest BCUT2D eigenvalue weighted by Crippen LogP contribution is 2.07. The standard InChI is InChI=1S/C10H16N2O2.C3H6O2/c1-2-4-9(13)11-6-8-12-7-3-5-10(12)14;1-3(4)5-2/h2,4H,3,5-8H2,1H3,(H,11,13);1-2H3/b4-2-;. The number of carbonyl (C=O) groups excluding carboxylic acids is 3. The molecule has 108 valence electrons. The van der Waals surface area contributed by atoms with E-state index in [1.807, 2.05) is 0 Å². The zero-order valence-electron chi connectivity index (χ0n) is 11.8. The van der Waals surface area contributed by atoms with Crippen molar-refractivity contribution in [3.8, 4) is 0 Å². The molecule has 2 amide bonds. The van der Waals surface area contributed by atoms with Crippen LogP contribution in [0.15, 0.2) is 12.2 Å². The van der Waals surface area contributed by atoms with E-state index in [9.17, 15) is 14.4 Å². The number of hydrogen-bond acceptors (Lipinski definition) is 4. The summed E-state index contributed by atoms with van der Waals surface area (Å²) in [5.74, 6) is -0.144. The highest BCUT2D eigenvalue weighted by molar-refractivity contribution is 5.87. The molecule has 1 rings (SSSR count). The van der Waals surface area contributed by atoms with E-state index < -0.39 is 0 Å². The Hall–Kier alpha value is -1.85. The van der Waals surface area contributed by atoms with Gasteiger partial charge in [-0.15, -0.1) is 0 Å². The summed E-state index contributed by atoms with van der Waals surface area (Å²) < 4.78 is 4.11. The number of allylic oxidation sites excluding steroid dienone is 1. The number of nitrogens with zero attached hydrogens (tertiary/aromatic N) is 1. The van der Waals surface area contributed by atoms with Crippen LogP contribution >= 0.6 is 0 Å². The molecule has 0 aromatic heterocycles. The minimum atomic E-state index is -0.245. The van der Waals surface area contributed by atoms with Gasteiger partial charge in [0.2, 0.25) is 11.8 Å². The van der Waals surface area contributed by atoms with Crippen LogP contribution in [0.3, 0.4) is 0 Å². The van der Waals surface area contributed by atoms with Gasteiger partial charge in [-0.25, -0.2) is 0 Å². The molecule has 19 heavy (non-hydrogen) atoms. The normalized spacial score (nSPS) is 14.1. The zero-order valence-corrected chi connectivity index (χ0v) is 11.8. The van der Waals surface area contributed by atoms with E-state index in [0.717, 1.165) is 13.0 Å². The molecule has 1 heterocycles. The largest absolute Gasteiger partial charge is 0.469 e. The first-order valence-corrected chi connectivity index (χ1v) is 6.24. The summed E-state index contributed by atoms with van der Waals surface area (Å²) in [5.41, 5.74) is 0. The summed E-state index contributed by atoms with van der Waals surface area (Å²) in [6, 6.07) is 0. The molecule has 1 aliphatic rings. The van der Waals surface area contributed by atoms with Crippen molar-refractivity contribution in [2.45, 2.75) is 26.7 Å². The molecule has 0 aliphatic carbocycles. The van der Waals surface area contributed by atoms with E-state index >= 15 is 0 Å². The molecular formula is C13H22N2O4. The molecule has 0 spiro atoms. The number of methoxy groups -OCH3 is 1. The molecule has 1 N–H and O–H groups in total. The van der Waals surface area contributed by atoms with Gasteiger partial charge < -0.3 is 15.0 Å². The van der Waals surface area contributed by atoms with Crippen molar-refractivity contribution < 1.29 is 19.1 Å². The van der Waals surface area contributed by atoms with Gasteiger partial charge in [-0.05, 0) is 19.4 Å². The molecular weight excluding hydrogens is 248 g/mol. The van der Waals surface area contributed by atoms with Crippen LogP contribution in [0.2, 0.25) is 0 Å². The monoisotopic (exact) mass is 270 g/mol. The molecule has 1 aliphatic heterocycles. The molecule has 0 bridgehead atoms. The molecule has 0 aromatic rings. The van der Waals surface area contributed by atoms with Crippen LogP contribution in [0.1, 0.15) is 26.7 Å². The van der Waals surface area contributed by atoms with Crippen LogP contribution < -0.4 is 5.32 Å². The van der Waals surface area contributed by atoms with Crippen molar-refractivity contribution in [1.82, 2.24) is 10.2 Å². The summed E-state index contributed by atoms with van der Waals surface area (Å²) in [5, 5.41) is 2.71. The number of rotatable bonds is 4. The third kappa shape index (κ3) is 8.82. The van der Waals surface area contributed by atoms with Gasteiger partial charge >= 0.3 is 5.97 Å². The Kier molecular flexibility index (Phi) is 9.12. The van der Waals surface area contributed by atoms with E-state index in [1.54, 1.807) is 17.9 Å². The SMILES string of the molecule is C/C=C\C(=O)NCCN1CCCC1=O.COC(C)=O. The first-order chi connectivity index (χ1) is 9.01. The number of esters is 1. The molecule has 0 aromatic carbocycles. The van der Waals surface area contributed by atoms with Gasteiger partial charge in [0, 0.05) is 33.0 Å². The first kappa shape index (κ1) is 17.2. The third-order valence-corrected chi connectivity index (χ3v) is 2.46. The van der Waals surface area contributed by atoms with Gasteiger partial charge in [-0.2, -0.15) is 0 Å². The average Bonchev–Trinajstić information content (AvgIpc) is 2.76. The Labute approximate surface area is 113 Å². The summed E-state index contributed by atoms with van der Waals surface area (Å²) in [7, 11) is 1.35. The Morgan fingerprint density at radius 2 is 2.11 bits per heavy atom. The fourth-order valence-electron chi connectivity index (χ4n) is 1.46. The van der Waals surface area contributed by atoms with Crippen molar-refractivity contribution in [3.05, 3.63) is 12.2 Å². The van der Waals surface area contributed by atoms with E-state index in [0.29, 0.717) is 19.5 Å². The maximum Gasteiger partial charge on any atom is 0.302 e. The number of likely N-dealkylation sites (tertiary alicyclic amines) is 1. The quantitative estimate of drug-likeness (QED) is 0.595. The molecule has 1 saturated heterocycles. The van der Waals surface area contributed by atoms with Crippen LogP contribution in [-0.4, -0.2) is 49.4 Å². The number of hydrogen-bond donors (Lipinski definition) is 1. The summed E-state index contributed by atoms with van der Waals surface area (Å²) in [6.07, 6.45) is 4.77. The van der Waals surface area contributed by atoms with Gasteiger partial charge in [0.15, 0.2) is 0 Å². The summed E-state index contributed by atoms with van der Waals surface area (Å²) in [4.78, 5) is 33.5. The maximum atomic E-state index is 11.2. The van der Waals surface area contributed by atoms with Crippen molar-refractivity contribution in [2.75, 3.05) is 26.7 Å². The van der Waals surface area contributed by atoms with Gasteiger partial charge in [0.25, 0.3) is 0 Å². The Morgan fingerprint density at radius 1 is 1.47 bits per heavy atom. The lowest BCUT2D eigenvalue weighted by Crippen LogP contribution is -2.34. The van der Waals surface area contributed by atoms with Crippen LogP contribution in [0.5, 0.6) is 0 Å².